The fraction of sp³-hybridized carbons (Fsp3) is 0.286. The third kappa shape index (κ3) is 2.66. The maximum Gasteiger partial charge on any atom is 0.153 e. The maximum absolute atomic E-state index is 4.37. The Hall–Kier alpha value is -1.86. The highest BCUT2D eigenvalue weighted by Crippen LogP contribution is 2.28. The zero-order valence-corrected chi connectivity index (χ0v) is 13.4. The van der Waals surface area contributed by atoms with Crippen LogP contribution in [0.4, 0.5) is 0 Å². The number of benzene rings is 1. The molecule has 0 saturated heterocycles. The second-order valence-corrected chi connectivity index (χ2v) is 5.44. The van der Waals surface area contributed by atoms with Crippen LogP contribution in [0.3, 0.4) is 0 Å². The van der Waals surface area contributed by atoms with Crippen molar-refractivity contribution < 1.29 is 0 Å². The van der Waals surface area contributed by atoms with E-state index < -0.39 is 0 Å². The fourth-order valence-electron chi connectivity index (χ4n) is 2.38. The van der Waals surface area contributed by atoms with Gasteiger partial charge in [-0.3, -0.25) is 9.97 Å². The van der Waals surface area contributed by atoms with Crippen molar-refractivity contribution >= 4 is 27.0 Å². The van der Waals surface area contributed by atoms with Gasteiger partial charge in [0.15, 0.2) is 4.60 Å². The number of rotatable bonds is 4. The molecule has 0 fully saturated rings. The topological polar surface area (TPSA) is 68.5 Å². The molecule has 2 heterocycles. The van der Waals surface area contributed by atoms with Crippen molar-refractivity contribution in [3.63, 3.8) is 0 Å². The first-order valence-electron chi connectivity index (χ1n) is 6.70. The Labute approximate surface area is 130 Å². The van der Waals surface area contributed by atoms with Crippen LogP contribution in [0.15, 0.2) is 35.2 Å². The van der Waals surface area contributed by atoms with E-state index in [1.807, 2.05) is 13.1 Å². The lowest BCUT2D eigenvalue weighted by Crippen LogP contribution is -2.24. The van der Waals surface area contributed by atoms with Crippen molar-refractivity contribution in [2.75, 3.05) is 6.54 Å². The minimum Gasteiger partial charge on any atom is -0.305 e. The number of nitrogens with one attached hydrogen (secondary N) is 1. The quantitative estimate of drug-likeness (QED) is 0.784. The van der Waals surface area contributed by atoms with Gasteiger partial charge in [0, 0.05) is 19.4 Å². The third-order valence-electron chi connectivity index (χ3n) is 3.34. The maximum atomic E-state index is 4.37. The first-order valence-corrected chi connectivity index (χ1v) is 7.49. The molecule has 2 aromatic heterocycles. The molecule has 1 atom stereocenters. The zero-order chi connectivity index (χ0) is 14.8. The number of hydrogen-bond donors (Lipinski definition) is 1. The van der Waals surface area contributed by atoms with Crippen LogP contribution >= 0.6 is 15.9 Å². The van der Waals surface area contributed by atoms with Gasteiger partial charge < -0.3 is 5.32 Å². The van der Waals surface area contributed by atoms with Crippen LogP contribution in [-0.4, -0.2) is 31.5 Å². The highest BCUT2D eigenvalue weighted by Gasteiger charge is 2.21. The summed E-state index contributed by atoms with van der Waals surface area (Å²) in [6.45, 7) is 2.91. The minimum absolute atomic E-state index is 0.00391. The molecule has 0 radical (unpaired) electrons. The Morgan fingerprint density at radius 1 is 1.24 bits per heavy atom. The molecule has 1 N–H and O–H groups in total. The standard InChI is InChI=1S/C14H15BrN6/c1-3-16-12(13-14(15)19-20-21(13)2)9-4-5-10-11(8-9)18-7-6-17-10/h4-8,12,16H,3H2,1-2H3. The molecule has 0 aliphatic rings. The lowest BCUT2D eigenvalue weighted by Gasteiger charge is -2.19. The molecule has 21 heavy (non-hydrogen) atoms. The van der Waals surface area contributed by atoms with Crippen molar-refractivity contribution in [2.24, 2.45) is 7.05 Å². The predicted molar refractivity (Wildman–Crippen MR) is 83.8 cm³/mol. The molecule has 3 aromatic rings. The van der Waals surface area contributed by atoms with Crippen molar-refractivity contribution in [1.29, 1.82) is 0 Å². The summed E-state index contributed by atoms with van der Waals surface area (Å²) in [5.41, 5.74) is 3.86. The highest BCUT2D eigenvalue weighted by atomic mass is 79.9. The molecule has 1 aromatic carbocycles. The fourth-order valence-corrected chi connectivity index (χ4v) is 2.94. The van der Waals surface area contributed by atoms with E-state index in [9.17, 15) is 0 Å². The summed E-state index contributed by atoms with van der Waals surface area (Å²) in [6.07, 6.45) is 3.40. The first kappa shape index (κ1) is 14.1. The molecule has 0 bridgehead atoms. The Morgan fingerprint density at radius 2 is 2.00 bits per heavy atom. The molecule has 0 amide bonds. The van der Waals surface area contributed by atoms with Crippen molar-refractivity contribution in [1.82, 2.24) is 30.3 Å². The van der Waals surface area contributed by atoms with Crippen molar-refractivity contribution in [2.45, 2.75) is 13.0 Å². The average Bonchev–Trinajstić information content (AvgIpc) is 2.84. The summed E-state index contributed by atoms with van der Waals surface area (Å²) in [7, 11) is 1.89. The molecule has 1 unspecified atom stereocenters. The lowest BCUT2D eigenvalue weighted by atomic mass is 10.0. The van der Waals surface area contributed by atoms with Gasteiger partial charge in [-0.15, -0.1) is 5.10 Å². The van der Waals surface area contributed by atoms with Crippen LogP contribution in [0, 0.1) is 0 Å². The summed E-state index contributed by atoms with van der Waals surface area (Å²) >= 11 is 3.47. The normalized spacial score (nSPS) is 12.7. The number of hydrogen-bond acceptors (Lipinski definition) is 5. The zero-order valence-electron chi connectivity index (χ0n) is 11.8. The summed E-state index contributed by atoms with van der Waals surface area (Å²) in [5, 5.41) is 11.6. The van der Waals surface area contributed by atoms with Crippen LogP contribution in [0.2, 0.25) is 0 Å². The van der Waals surface area contributed by atoms with Gasteiger partial charge >= 0.3 is 0 Å². The Kier molecular flexibility index (Phi) is 3.94. The van der Waals surface area contributed by atoms with Crippen LogP contribution in [0.5, 0.6) is 0 Å². The van der Waals surface area contributed by atoms with Gasteiger partial charge in [-0.1, -0.05) is 18.2 Å². The van der Waals surface area contributed by atoms with Crippen LogP contribution in [0.1, 0.15) is 24.2 Å². The summed E-state index contributed by atoms with van der Waals surface area (Å²) < 4.78 is 2.52. The van der Waals surface area contributed by atoms with Crippen LogP contribution < -0.4 is 5.32 Å². The summed E-state index contributed by atoms with van der Waals surface area (Å²) in [6, 6.07) is 6.09. The van der Waals surface area contributed by atoms with E-state index in [2.05, 4.69) is 60.6 Å². The number of halogens is 1. The second kappa shape index (κ2) is 5.87. The molecule has 0 aliphatic heterocycles. The van der Waals surface area contributed by atoms with Gasteiger partial charge in [0.05, 0.1) is 22.8 Å². The van der Waals surface area contributed by atoms with Gasteiger partial charge in [-0.2, -0.15) is 0 Å². The highest BCUT2D eigenvalue weighted by molar-refractivity contribution is 9.10. The first-order chi connectivity index (χ1) is 10.2. The van der Waals surface area contributed by atoms with E-state index in [1.165, 1.54) is 0 Å². The number of aryl methyl sites for hydroxylation is 1. The van der Waals surface area contributed by atoms with E-state index in [0.29, 0.717) is 0 Å². The smallest absolute Gasteiger partial charge is 0.153 e. The summed E-state index contributed by atoms with van der Waals surface area (Å²) in [5.74, 6) is 0. The van der Waals surface area contributed by atoms with E-state index in [1.54, 1.807) is 17.1 Å². The molecular formula is C14H15BrN6. The lowest BCUT2D eigenvalue weighted by molar-refractivity contribution is 0.567. The number of aromatic nitrogens is 5. The SMILES string of the molecule is CCNC(c1ccc2nccnc2c1)c1c(Br)nnn1C. The summed E-state index contributed by atoms with van der Waals surface area (Å²) in [4.78, 5) is 8.67. The van der Waals surface area contributed by atoms with E-state index in [-0.39, 0.29) is 6.04 Å². The predicted octanol–water partition coefficient (Wildman–Crippen LogP) is 2.22. The molecule has 7 heteroatoms. The van der Waals surface area contributed by atoms with E-state index >= 15 is 0 Å². The molecule has 108 valence electrons. The Bertz CT molecular complexity index is 750. The van der Waals surface area contributed by atoms with E-state index in [0.717, 1.165) is 33.4 Å². The molecular weight excluding hydrogens is 332 g/mol. The van der Waals surface area contributed by atoms with Crippen LogP contribution in [0.25, 0.3) is 11.0 Å². The van der Waals surface area contributed by atoms with Gasteiger partial charge in [-0.05, 0) is 40.2 Å². The molecule has 0 aliphatic carbocycles. The van der Waals surface area contributed by atoms with Gasteiger partial charge in [0.1, 0.15) is 0 Å². The monoisotopic (exact) mass is 346 g/mol. The largest absolute Gasteiger partial charge is 0.305 e. The Balaban J connectivity index is 2.11. The van der Waals surface area contributed by atoms with Crippen molar-refractivity contribution in [3.8, 4) is 0 Å². The molecule has 0 saturated carbocycles. The molecule has 6 nitrogen and oxygen atoms in total. The van der Waals surface area contributed by atoms with Crippen molar-refractivity contribution in [3.05, 3.63) is 46.5 Å². The second-order valence-electron chi connectivity index (χ2n) is 4.68. The van der Waals surface area contributed by atoms with Crippen LogP contribution in [-0.2, 0) is 7.05 Å². The van der Waals surface area contributed by atoms with Gasteiger partial charge in [-0.25, -0.2) is 4.68 Å². The molecule has 3 rings (SSSR count). The van der Waals surface area contributed by atoms with E-state index in [4.69, 9.17) is 0 Å². The minimum atomic E-state index is -0.00391. The number of nitrogens with zero attached hydrogens (tertiary/aromatic N) is 5. The Morgan fingerprint density at radius 3 is 2.67 bits per heavy atom. The number of fused-ring (bicyclic) bond motifs is 1. The third-order valence-corrected chi connectivity index (χ3v) is 3.90. The average molecular weight is 347 g/mol. The van der Waals surface area contributed by atoms with Gasteiger partial charge in [0.2, 0.25) is 0 Å². The molecule has 0 spiro atoms. The van der Waals surface area contributed by atoms with Gasteiger partial charge in [0.25, 0.3) is 0 Å².